The number of ether oxygens (including phenoxy) is 7. The highest BCUT2D eigenvalue weighted by atomic mass is 16.6. The maximum absolute atomic E-state index is 14.5. The molecule has 0 radical (unpaired) electrons. The Morgan fingerprint density at radius 3 is 2.23 bits per heavy atom. The number of cyclic esters (lactones) is 1. The predicted molar refractivity (Wildman–Crippen MR) is 273 cm³/mol. The number of Topliss-reactive ketones (excluding diaryl/α,β-unsaturated/α-hetero) is 3. The Balaban J connectivity index is 1.69. The second-order valence-corrected chi connectivity index (χ2v) is 21.2. The lowest BCUT2D eigenvalue weighted by Crippen LogP contribution is -2.61. The Hall–Kier alpha value is -3.49. The van der Waals surface area contributed by atoms with E-state index in [1.807, 2.05) is 51.2 Å². The van der Waals surface area contributed by atoms with Gasteiger partial charge in [-0.05, 0) is 107 Å². The highest BCUT2D eigenvalue weighted by Gasteiger charge is 2.53. The van der Waals surface area contributed by atoms with Crippen molar-refractivity contribution in [3.63, 3.8) is 0 Å². The first-order valence-electron chi connectivity index (χ1n) is 26.8. The molecule has 17 heteroatoms. The van der Waals surface area contributed by atoms with Crippen molar-refractivity contribution in [3.8, 4) is 0 Å². The van der Waals surface area contributed by atoms with Crippen LogP contribution in [0.1, 0.15) is 126 Å². The molecular weight excluding hydrogens is 943 g/mol. The number of rotatable bonds is 14. The predicted octanol–water partition coefficient (Wildman–Crippen LogP) is 5.58. The van der Waals surface area contributed by atoms with Gasteiger partial charge in [-0.15, -0.1) is 0 Å². The van der Waals surface area contributed by atoms with Crippen molar-refractivity contribution in [3.05, 3.63) is 47.6 Å². The summed E-state index contributed by atoms with van der Waals surface area (Å²) in [5.41, 5.74) is 1.20. The number of hydrogen-bond acceptors (Lipinski definition) is 16. The number of aliphatic hydroxyl groups excluding tert-OH is 3. The van der Waals surface area contributed by atoms with Crippen molar-refractivity contribution in [2.45, 2.75) is 180 Å². The standard InChI is InChI=1S/C56H89NO16/c1-35-15-11-10-12-16-36(2)47(71-28-27-70-26-25-69-24-23-58)33-43-20-18-41(7)56(66,73-43)53(63)54(64)57-22-14-13-17-44(57)55(65)72-48(38(4)31-42-19-21-45(59)49(32-42)67-8)34-46(60)37(3)30-40(6)51(62)52(68-9)50(61)39(5)29-35/h10-12,15-16,30,35,37-39,41-45,47-49,51-52,58-59,62,66H,13-14,17-29,31-34H2,1-9H3/b12-10+,15-11+,36-16+,40-30+/t35-,37-,38?,39-,41-,42+,43+,44+,45-,47-,48+,49-,51-,52+,56-/m1/s1. The number of fused-ring (bicyclic) bond motifs is 3. The SMILES string of the molecule is CO[C@@H]1C[C@H](CC(C)[C@@H]2CC(=O)[C@H](C)/C=C(\C)[C@@H](O)[C@@H](OC)C(=O)[C@H](C)C[C@H](C)/C=C/C=C/C=C(\C)[C@H](OCCOCCOCCO)C[C@@H]3CC[C@@H](C)[C@@](O)(O3)C(=O)C(=O)N3CCCC[C@H]3C(=O)O2)CC[C@H]1O. The fourth-order valence-electron chi connectivity index (χ4n) is 10.7. The van der Waals surface area contributed by atoms with Crippen LogP contribution in [0.5, 0.6) is 0 Å². The molecule has 1 unspecified atom stereocenters. The van der Waals surface area contributed by atoms with Crippen molar-refractivity contribution >= 4 is 29.2 Å². The Morgan fingerprint density at radius 1 is 0.822 bits per heavy atom. The first-order chi connectivity index (χ1) is 34.7. The average Bonchev–Trinajstić information content (AvgIpc) is 3.37. The van der Waals surface area contributed by atoms with Crippen LogP contribution >= 0.6 is 0 Å². The zero-order valence-electron chi connectivity index (χ0n) is 45.1. The summed E-state index contributed by atoms with van der Waals surface area (Å²) >= 11 is 0. The summed E-state index contributed by atoms with van der Waals surface area (Å²) in [5, 5.41) is 43.1. The van der Waals surface area contributed by atoms with E-state index in [1.165, 1.54) is 12.0 Å². The van der Waals surface area contributed by atoms with Crippen LogP contribution in [0.3, 0.4) is 0 Å². The second kappa shape index (κ2) is 30.9. The van der Waals surface area contributed by atoms with Crippen LogP contribution in [-0.2, 0) is 57.1 Å². The molecule has 1 aliphatic carbocycles. The number of ketones is 3. The number of piperidine rings is 1. The van der Waals surface area contributed by atoms with Gasteiger partial charge in [0.15, 0.2) is 5.78 Å². The molecule has 3 fully saturated rings. The maximum atomic E-state index is 14.5. The molecule has 3 heterocycles. The molecule has 0 aromatic carbocycles. The van der Waals surface area contributed by atoms with E-state index in [-0.39, 0.29) is 87.7 Å². The lowest BCUT2D eigenvalue weighted by atomic mass is 9.78. The van der Waals surface area contributed by atoms with Crippen LogP contribution < -0.4 is 0 Å². The summed E-state index contributed by atoms with van der Waals surface area (Å²) in [4.78, 5) is 72.5. The summed E-state index contributed by atoms with van der Waals surface area (Å²) in [6.45, 7) is 13.8. The molecule has 2 bridgehead atoms. The Morgan fingerprint density at radius 2 is 1.53 bits per heavy atom. The van der Waals surface area contributed by atoms with E-state index in [1.54, 1.807) is 40.9 Å². The average molecular weight is 1030 g/mol. The molecule has 4 N–H and O–H groups in total. The largest absolute Gasteiger partial charge is 0.460 e. The number of methoxy groups -OCH3 is 2. The molecule has 73 heavy (non-hydrogen) atoms. The van der Waals surface area contributed by atoms with Gasteiger partial charge < -0.3 is 58.5 Å². The van der Waals surface area contributed by atoms with Crippen molar-refractivity contribution in [2.24, 2.45) is 35.5 Å². The van der Waals surface area contributed by atoms with Crippen molar-refractivity contribution in [1.29, 1.82) is 0 Å². The number of esters is 1. The Labute approximate surface area is 434 Å². The molecule has 17 nitrogen and oxygen atoms in total. The molecule has 0 aromatic rings. The summed E-state index contributed by atoms with van der Waals surface area (Å²) < 4.78 is 41.0. The normalized spacial score (nSPS) is 37.3. The molecule has 4 rings (SSSR count). The number of aliphatic hydroxyl groups is 4. The molecule has 414 valence electrons. The molecule has 15 atom stereocenters. The van der Waals surface area contributed by atoms with Crippen molar-refractivity contribution in [2.75, 3.05) is 60.4 Å². The van der Waals surface area contributed by atoms with Gasteiger partial charge in [0, 0.05) is 51.4 Å². The van der Waals surface area contributed by atoms with Crippen LogP contribution in [0.2, 0.25) is 0 Å². The zero-order valence-corrected chi connectivity index (χ0v) is 45.1. The van der Waals surface area contributed by atoms with Gasteiger partial charge in [-0.25, -0.2) is 4.79 Å². The maximum Gasteiger partial charge on any atom is 0.329 e. The topological polar surface area (TPSA) is 234 Å². The molecule has 0 spiro atoms. The van der Waals surface area contributed by atoms with E-state index < -0.39 is 83.9 Å². The monoisotopic (exact) mass is 1030 g/mol. The summed E-state index contributed by atoms with van der Waals surface area (Å²) in [6, 6.07) is -1.17. The van der Waals surface area contributed by atoms with Gasteiger partial charge in [-0.1, -0.05) is 71.1 Å². The minimum absolute atomic E-state index is 0.0192. The van der Waals surface area contributed by atoms with Crippen LogP contribution in [0.15, 0.2) is 47.6 Å². The van der Waals surface area contributed by atoms with E-state index >= 15 is 0 Å². The van der Waals surface area contributed by atoms with Gasteiger partial charge in [-0.2, -0.15) is 0 Å². The lowest BCUT2D eigenvalue weighted by Gasteiger charge is -2.43. The number of hydrogen-bond donors (Lipinski definition) is 4. The van der Waals surface area contributed by atoms with E-state index in [4.69, 9.17) is 38.3 Å². The Bertz CT molecular complexity index is 1900. The quantitative estimate of drug-likeness (QED) is 0.0720. The number of carbonyl (C=O) groups is 5. The molecule has 3 aliphatic heterocycles. The third kappa shape index (κ3) is 18.4. The van der Waals surface area contributed by atoms with E-state index in [2.05, 4.69) is 0 Å². The molecule has 2 saturated heterocycles. The summed E-state index contributed by atoms with van der Waals surface area (Å²) in [5.74, 6) is -8.31. The van der Waals surface area contributed by atoms with Gasteiger partial charge in [0.25, 0.3) is 11.7 Å². The van der Waals surface area contributed by atoms with Gasteiger partial charge in [0.2, 0.25) is 5.79 Å². The van der Waals surface area contributed by atoms with Gasteiger partial charge in [0.05, 0.1) is 64.1 Å². The van der Waals surface area contributed by atoms with Crippen LogP contribution in [0.25, 0.3) is 0 Å². The minimum Gasteiger partial charge on any atom is -0.460 e. The third-order valence-electron chi connectivity index (χ3n) is 15.3. The van der Waals surface area contributed by atoms with Gasteiger partial charge in [0.1, 0.15) is 30.1 Å². The van der Waals surface area contributed by atoms with E-state index in [0.717, 1.165) is 5.57 Å². The Kier molecular flexibility index (Phi) is 26.3. The first-order valence-corrected chi connectivity index (χ1v) is 26.8. The highest BCUT2D eigenvalue weighted by molar-refractivity contribution is 6.39. The molecule has 1 amide bonds. The number of allylic oxidation sites excluding steroid dienone is 6. The van der Waals surface area contributed by atoms with Crippen molar-refractivity contribution < 1.29 is 77.6 Å². The number of amides is 1. The summed E-state index contributed by atoms with van der Waals surface area (Å²) in [7, 11) is 2.93. The third-order valence-corrected chi connectivity index (χ3v) is 15.3. The van der Waals surface area contributed by atoms with Crippen LogP contribution in [-0.4, -0.2) is 170 Å². The minimum atomic E-state index is -2.49. The molecule has 4 aliphatic rings. The van der Waals surface area contributed by atoms with E-state index in [9.17, 15) is 39.3 Å². The highest BCUT2D eigenvalue weighted by Crippen LogP contribution is 2.38. The number of carbonyl (C=O) groups excluding carboxylic acids is 5. The van der Waals surface area contributed by atoms with Gasteiger partial charge >= 0.3 is 5.97 Å². The molecule has 1 saturated carbocycles. The lowest BCUT2D eigenvalue weighted by molar-refractivity contribution is -0.266. The number of nitrogens with zero attached hydrogens (tertiary/aromatic N) is 1. The van der Waals surface area contributed by atoms with Crippen LogP contribution in [0, 0.1) is 35.5 Å². The fraction of sp³-hybridized carbons (Fsp3) is 0.768. The first kappa shape index (κ1) is 62.1. The van der Waals surface area contributed by atoms with Crippen LogP contribution in [0.4, 0.5) is 0 Å². The zero-order chi connectivity index (χ0) is 53.8. The van der Waals surface area contributed by atoms with E-state index in [0.29, 0.717) is 76.6 Å². The van der Waals surface area contributed by atoms with Gasteiger partial charge in [-0.3, -0.25) is 19.2 Å². The van der Waals surface area contributed by atoms with Crippen molar-refractivity contribution in [1.82, 2.24) is 4.90 Å². The molecular formula is C56H89NO16. The summed E-state index contributed by atoms with van der Waals surface area (Å²) in [6.07, 6.45) is 10.4. The smallest absolute Gasteiger partial charge is 0.329 e. The second-order valence-electron chi connectivity index (χ2n) is 21.2. The fourth-order valence-corrected chi connectivity index (χ4v) is 10.7. The molecule has 0 aromatic heterocycles.